The summed E-state index contributed by atoms with van der Waals surface area (Å²) in [6.07, 6.45) is 2.14. The Balaban J connectivity index is 0.000000924. The lowest BCUT2D eigenvalue weighted by atomic mass is 10.1. The van der Waals surface area contributed by atoms with Crippen LogP contribution in [-0.4, -0.2) is 29.0 Å². The number of benzene rings is 1. The lowest BCUT2D eigenvalue weighted by Crippen LogP contribution is -2.28. The zero-order valence-electron chi connectivity index (χ0n) is 14.0. The minimum atomic E-state index is -0.520. The molecule has 124 valence electrons. The second kappa shape index (κ2) is 7.26. The molecule has 6 nitrogen and oxygen atoms in total. The quantitative estimate of drug-likeness (QED) is 0.810. The molecule has 0 unspecified atom stereocenters. The fourth-order valence-corrected chi connectivity index (χ4v) is 2.09. The lowest BCUT2D eigenvalue weighted by Gasteiger charge is -2.11. The summed E-state index contributed by atoms with van der Waals surface area (Å²) in [5.74, 6) is -0.117. The van der Waals surface area contributed by atoms with Gasteiger partial charge in [-0.25, -0.2) is 4.68 Å². The van der Waals surface area contributed by atoms with Gasteiger partial charge in [-0.15, -0.1) is 5.10 Å². The summed E-state index contributed by atoms with van der Waals surface area (Å²) >= 11 is 0. The van der Waals surface area contributed by atoms with Gasteiger partial charge in [0.2, 0.25) is 5.88 Å². The van der Waals surface area contributed by atoms with Crippen LogP contribution in [0.5, 0.6) is 5.88 Å². The van der Waals surface area contributed by atoms with Crippen molar-refractivity contribution in [2.75, 3.05) is 7.11 Å². The number of aryl methyl sites for hydroxylation is 1. The maximum atomic E-state index is 12.4. The third kappa shape index (κ3) is 3.88. The Morgan fingerprint density at radius 3 is 2.61 bits per heavy atom. The van der Waals surface area contributed by atoms with Crippen molar-refractivity contribution >= 4 is 16.7 Å². The van der Waals surface area contributed by atoms with Crippen molar-refractivity contribution in [3.8, 4) is 5.88 Å². The largest absolute Gasteiger partial charge is 0.473 e. The molecule has 0 N–H and O–H groups in total. The zero-order valence-corrected chi connectivity index (χ0v) is 14.0. The van der Waals surface area contributed by atoms with Crippen molar-refractivity contribution < 1.29 is 14.3 Å². The Labute approximate surface area is 135 Å². The van der Waals surface area contributed by atoms with Crippen LogP contribution in [0.2, 0.25) is 0 Å². The molecule has 1 aliphatic carbocycles. The van der Waals surface area contributed by atoms with Crippen molar-refractivity contribution in [1.29, 1.82) is 0 Å². The van der Waals surface area contributed by atoms with Crippen LogP contribution in [-0.2, 0) is 16.1 Å². The molecule has 1 saturated carbocycles. The Morgan fingerprint density at radius 1 is 1.30 bits per heavy atom. The van der Waals surface area contributed by atoms with Gasteiger partial charge in [0.15, 0.2) is 0 Å². The normalized spacial score (nSPS) is 13.2. The van der Waals surface area contributed by atoms with Crippen LogP contribution < -0.4 is 10.3 Å². The van der Waals surface area contributed by atoms with E-state index in [1.807, 2.05) is 32.9 Å². The molecule has 0 amide bonds. The van der Waals surface area contributed by atoms with E-state index in [0.29, 0.717) is 16.7 Å². The predicted octanol–water partition coefficient (Wildman–Crippen LogP) is 2.45. The highest BCUT2D eigenvalue weighted by Crippen LogP contribution is 2.29. The van der Waals surface area contributed by atoms with Gasteiger partial charge in [0.1, 0.15) is 12.6 Å². The zero-order chi connectivity index (χ0) is 17.0. The minimum Gasteiger partial charge on any atom is -0.473 e. The lowest BCUT2D eigenvalue weighted by molar-refractivity contribution is -0.141. The third-order valence-electron chi connectivity index (χ3n) is 3.39. The number of esters is 1. The standard InChI is InChI=1S/C15H16N2O4.C2H6/c1-9-3-6-11-12(7-9)14(21-10-4-5-10)16-17(15(11)19)8-13(18)20-2;1-2/h3,6-7,10H,4-5,8H2,1-2H3;1-2H3. The van der Waals surface area contributed by atoms with Gasteiger partial charge in [-0.1, -0.05) is 25.5 Å². The summed E-state index contributed by atoms with van der Waals surface area (Å²) in [6.45, 7) is 5.72. The molecule has 0 spiro atoms. The first-order chi connectivity index (χ1) is 11.1. The monoisotopic (exact) mass is 318 g/mol. The molecule has 1 fully saturated rings. The maximum Gasteiger partial charge on any atom is 0.327 e. The van der Waals surface area contributed by atoms with Gasteiger partial charge >= 0.3 is 5.97 Å². The van der Waals surface area contributed by atoms with Crippen LogP contribution in [0.1, 0.15) is 32.3 Å². The van der Waals surface area contributed by atoms with E-state index in [0.717, 1.165) is 23.1 Å². The Bertz CT molecular complexity index is 763. The van der Waals surface area contributed by atoms with Crippen LogP contribution in [0.15, 0.2) is 23.0 Å². The smallest absolute Gasteiger partial charge is 0.327 e. The van der Waals surface area contributed by atoms with E-state index in [1.165, 1.54) is 7.11 Å². The number of hydrogen-bond donors (Lipinski definition) is 0. The van der Waals surface area contributed by atoms with E-state index in [1.54, 1.807) is 6.07 Å². The SMILES string of the molecule is CC.COC(=O)Cn1nc(OC2CC2)c2cc(C)ccc2c1=O. The van der Waals surface area contributed by atoms with Gasteiger partial charge in [0.05, 0.1) is 17.9 Å². The first kappa shape index (κ1) is 17.0. The van der Waals surface area contributed by atoms with Crippen molar-refractivity contribution in [2.45, 2.75) is 46.3 Å². The summed E-state index contributed by atoms with van der Waals surface area (Å²) in [6, 6.07) is 5.47. The van der Waals surface area contributed by atoms with Gasteiger partial charge in [-0.05, 0) is 31.9 Å². The number of ether oxygens (including phenoxy) is 2. The fourth-order valence-electron chi connectivity index (χ4n) is 2.09. The Kier molecular flexibility index (Phi) is 5.36. The fraction of sp³-hybridized carbons (Fsp3) is 0.471. The Hall–Kier alpha value is -2.37. The van der Waals surface area contributed by atoms with Crippen LogP contribution in [0.4, 0.5) is 0 Å². The first-order valence-electron chi connectivity index (χ1n) is 7.83. The molecule has 6 heteroatoms. The highest BCUT2D eigenvalue weighted by Gasteiger charge is 2.26. The highest BCUT2D eigenvalue weighted by molar-refractivity contribution is 5.86. The second-order valence-electron chi connectivity index (χ2n) is 5.21. The molecule has 0 aliphatic heterocycles. The molecule has 3 rings (SSSR count). The van der Waals surface area contributed by atoms with Crippen molar-refractivity contribution in [3.63, 3.8) is 0 Å². The molecule has 0 bridgehead atoms. The average Bonchev–Trinajstić information content (AvgIpc) is 3.37. The topological polar surface area (TPSA) is 70.4 Å². The predicted molar refractivity (Wildman–Crippen MR) is 87.8 cm³/mol. The molecule has 1 aliphatic rings. The summed E-state index contributed by atoms with van der Waals surface area (Å²) in [5, 5.41) is 5.37. The third-order valence-corrected chi connectivity index (χ3v) is 3.39. The molecule has 1 heterocycles. The molecule has 0 radical (unpaired) electrons. The molecule has 1 aromatic carbocycles. The van der Waals surface area contributed by atoms with Gasteiger partial charge in [0, 0.05) is 0 Å². The number of aromatic nitrogens is 2. The number of fused-ring (bicyclic) bond motifs is 1. The summed E-state index contributed by atoms with van der Waals surface area (Å²) < 4.78 is 11.5. The molecule has 2 aromatic rings. The van der Waals surface area contributed by atoms with Crippen LogP contribution in [0.3, 0.4) is 0 Å². The Morgan fingerprint density at radius 2 is 2.00 bits per heavy atom. The first-order valence-corrected chi connectivity index (χ1v) is 7.83. The van der Waals surface area contributed by atoms with E-state index in [9.17, 15) is 9.59 Å². The van der Waals surface area contributed by atoms with Crippen molar-refractivity contribution in [3.05, 3.63) is 34.1 Å². The van der Waals surface area contributed by atoms with Gasteiger partial charge < -0.3 is 9.47 Å². The highest BCUT2D eigenvalue weighted by atomic mass is 16.5. The van der Waals surface area contributed by atoms with E-state index in [4.69, 9.17) is 4.74 Å². The number of rotatable bonds is 4. The van der Waals surface area contributed by atoms with E-state index >= 15 is 0 Å². The minimum absolute atomic E-state index is 0.158. The van der Waals surface area contributed by atoms with E-state index in [-0.39, 0.29) is 18.2 Å². The number of nitrogens with zero attached hydrogens (tertiary/aromatic N) is 2. The van der Waals surface area contributed by atoms with Crippen molar-refractivity contribution in [2.24, 2.45) is 0 Å². The van der Waals surface area contributed by atoms with E-state index in [2.05, 4.69) is 9.84 Å². The van der Waals surface area contributed by atoms with Crippen LogP contribution in [0.25, 0.3) is 10.8 Å². The summed E-state index contributed by atoms with van der Waals surface area (Å²) in [5.41, 5.74) is 0.702. The molecule has 0 atom stereocenters. The van der Waals surface area contributed by atoms with E-state index < -0.39 is 5.97 Å². The van der Waals surface area contributed by atoms with Gasteiger partial charge in [-0.3, -0.25) is 9.59 Å². The summed E-state index contributed by atoms with van der Waals surface area (Å²) in [7, 11) is 1.28. The average molecular weight is 318 g/mol. The van der Waals surface area contributed by atoms with Gasteiger partial charge in [-0.2, -0.15) is 0 Å². The van der Waals surface area contributed by atoms with Gasteiger partial charge in [0.25, 0.3) is 5.56 Å². The number of methoxy groups -OCH3 is 1. The number of carbonyl (C=O) groups excluding carboxylic acids is 1. The molecular weight excluding hydrogens is 296 g/mol. The second-order valence-corrected chi connectivity index (χ2v) is 5.21. The van der Waals surface area contributed by atoms with Crippen LogP contribution >= 0.6 is 0 Å². The molecule has 1 aromatic heterocycles. The molecule has 23 heavy (non-hydrogen) atoms. The van der Waals surface area contributed by atoms with Crippen molar-refractivity contribution in [1.82, 2.24) is 9.78 Å². The van der Waals surface area contributed by atoms with Crippen LogP contribution in [0, 0.1) is 6.92 Å². The molecular formula is C17H22N2O4. The summed E-state index contributed by atoms with van der Waals surface area (Å²) in [4.78, 5) is 23.8. The maximum absolute atomic E-state index is 12.4. The number of hydrogen-bond acceptors (Lipinski definition) is 5. The number of carbonyl (C=O) groups is 1. The molecule has 0 saturated heterocycles.